The number of rotatable bonds is 4. The fourth-order valence-electron chi connectivity index (χ4n) is 1.62. The summed E-state index contributed by atoms with van der Waals surface area (Å²) in [7, 11) is 0. The van der Waals surface area contributed by atoms with Crippen molar-refractivity contribution in [1.29, 1.82) is 0 Å². The van der Waals surface area contributed by atoms with Gasteiger partial charge in [-0.3, -0.25) is 10.1 Å². The van der Waals surface area contributed by atoms with Crippen LogP contribution in [0, 0.1) is 20.2 Å². The average molecular weight is 263 g/mol. The lowest BCUT2D eigenvalue weighted by atomic mass is 10.1. The standard InChI is InChI=1S/C10H9N5O4/c11-10-7(2-1-3-8(10)14(16)17)4-13-5-9(12-6-13)15(18)19/h1-3,5-6H,4,11H2. The van der Waals surface area contributed by atoms with Gasteiger partial charge in [0.25, 0.3) is 5.69 Å². The van der Waals surface area contributed by atoms with Gasteiger partial charge in [-0.25, -0.2) is 0 Å². The normalized spacial score (nSPS) is 10.3. The second-order valence-electron chi connectivity index (χ2n) is 3.77. The molecule has 1 aromatic carbocycles. The molecule has 2 aromatic rings. The number of anilines is 1. The van der Waals surface area contributed by atoms with Crippen LogP contribution >= 0.6 is 0 Å². The number of para-hydroxylation sites is 1. The van der Waals surface area contributed by atoms with Crippen LogP contribution in [0.5, 0.6) is 0 Å². The summed E-state index contributed by atoms with van der Waals surface area (Å²) in [4.78, 5) is 23.6. The first kappa shape index (κ1) is 12.5. The maximum Gasteiger partial charge on any atom is 0.381 e. The van der Waals surface area contributed by atoms with E-state index in [0.29, 0.717) is 5.56 Å². The third kappa shape index (κ3) is 2.49. The predicted molar refractivity (Wildman–Crippen MR) is 65.5 cm³/mol. The first-order valence-corrected chi connectivity index (χ1v) is 5.17. The van der Waals surface area contributed by atoms with Crippen LogP contribution in [-0.2, 0) is 6.54 Å². The van der Waals surface area contributed by atoms with Crippen molar-refractivity contribution in [3.05, 3.63) is 56.5 Å². The smallest absolute Gasteiger partial charge is 0.381 e. The topological polar surface area (TPSA) is 130 Å². The fraction of sp³-hybridized carbons (Fsp3) is 0.100. The summed E-state index contributed by atoms with van der Waals surface area (Å²) in [6.07, 6.45) is 2.51. The summed E-state index contributed by atoms with van der Waals surface area (Å²) >= 11 is 0. The fourth-order valence-corrected chi connectivity index (χ4v) is 1.62. The Hall–Kier alpha value is -2.97. The number of aromatic nitrogens is 2. The Labute approximate surface area is 106 Å². The molecule has 98 valence electrons. The third-order valence-electron chi connectivity index (χ3n) is 2.53. The molecule has 9 nitrogen and oxygen atoms in total. The molecule has 0 aliphatic heterocycles. The zero-order valence-electron chi connectivity index (χ0n) is 9.59. The van der Waals surface area contributed by atoms with Crippen molar-refractivity contribution in [3.63, 3.8) is 0 Å². The quantitative estimate of drug-likeness (QED) is 0.503. The van der Waals surface area contributed by atoms with E-state index in [9.17, 15) is 20.2 Å². The minimum Gasteiger partial charge on any atom is -0.393 e. The maximum atomic E-state index is 10.7. The molecule has 0 atom stereocenters. The molecule has 0 aliphatic carbocycles. The van der Waals surface area contributed by atoms with Crippen LogP contribution < -0.4 is 5.73 Å². The van der Waals surface area contributed by atoms with Crippen LogP contribution in [0.2, 0.25) is 0 Å². The van der Waals surface area contributed by atoms with Gasteiger partial charge in [-0.2, -0.15) is 0 Å². The first-order chi connectivity index (χ1) is 8.99. The van der Waals surface area contributed by atoms with Gasteiger partial charge < -0.3 is 20.4 Å². The average Bonchev–Trinajstić information content (AvgIpc) is 2.80. The molecule has 0 saturated heterocycles. The molecule has 1 aromatic heterocycles. The van der Waals surface area contributed by atoms with E-state index >= 15 is 0 Å². The van der Waals surface area contributed by atoms with Crippen LogP contribution in [0.15, 0.2) is 30.7 Å². The Morgan fingerprint density at radius 1 is 1.26 bits per heavy atom. The number of nitro benzene ring substituents is 1. The van der Waals surface area contributed by atoms with Crippen molar-refractivity contribution >= 4 is 17.2 Å². The van der Waals surface area contributed by atoms with E-state index in [2.05, 4.69) is 4.98 Å². The van der Waals surface area contributed by atoms with Crippen LogP contribution in [-0.4, -0.2) is 19.4 Å². The van der Waals surface area contributed by atoms with Crippen molar-refractivity contribution in [2.45, 2.75) is 6.54 Å². The summed E-state index contributed by atoms with van der Waals surface area (Å²) < 4.78 is 1.44. The zero-order valence-corrected chi connectivity index (χ0v) is 9.59. The summed E-state index contributed by atoms with van der Waals surface area (Å²) in [6, 6.07) is 4.43. The van der Waals surface area contributed by atoms with Gasteiger partial charge in [-0.05, 0) is 9.91 Å². The lowest BCUT2D eigenvalue weighted by molar-refractivity contribution is -0.389. The van der Waals surface area contributed by atoms with Gasteiger partial charge in [0.1, 0.15) is 11.9 Å². The number of nitrogens with two attached hydrogens (primary N) is 1. The highest BCUT2D eigenvalue weighted by atomic mass is 16.6. The Bertz CT molecular complexity index is 651. The molecule has 0 radical (unpaired) electrons. The Morgan fingerprint density at radius 3 is 2.58 bits per heavy atom. The molecular formula is C10H9N5O4. The van der Waals surface area contributed by atoms with Crippen molar-refractivity contribution < 1.29 is 9.85 Å². The maximum absolute atomic E-state index is 10.7. The molecule has 0 amide bonds. The van der Waals surface area contributed by atoms with E-state index in [1.807, 2.05) is 0 Å². The van der Waals surface area contributed by atoms with Crippen LogP contribution in [0.25, 0.3) is 0 Å². The lowest BCUT2D eigenvalue weighted by Gasteiger charge is -2.05. The zero-order chi connectivity index (χ0) is 14.0. The molecule has 0 aliphatic rings. The van der Waals surface area contributed by atoms with Gasteiger partial charge in [0, 0.05) is 11.6 Å². The van der Waals surface area contributed by atoms with E-state index in [1.165, 1.54) is 29.2 Å². The molecule has 2 N–H and O–H groups in total. The number of hydrogen-bond donors (Lipinski definition) is 1. The minimum atomic E-state index is -0.618. The molecule has 0 unspecified atom stereocenters. The van der Waals surface area contributed by atoms with E-state index in [1.54, 1.807) is 6.07 Å². The Morgan fingerprint density at radius 2 is 2.00 bits per heavy atom. The van der Waals surface area contributed by atoms with Crippen molar-refractivity contribution in [2.24, 2.45) is 0 Å². The number of benzene rings is 1. The predicted octanol–water partition coefficient (Wildman–Crippen LogP) is 1.33. The summed E-state index contributed by atoms with van der Waals surface area (Å²) in [6.45, 7) is 0.175. The molecule has 9 heteroatoms. The highest BCUT2D eigenvalue weighted by Crippen LogP contribution is 2.25. The number of nitrogen functional groups attached to an aromatic ring is 1. The Balaban J connectivity index is 2.30. The first-order valence-electron chi connectivity index (χ1n) is 5.17. The monoisotopic (exact) mass is 263 g/mol. The van der Waals surface area contributed by atoms with Gasteiger partial charge >= 0.3 is 5.82 Å². The van der Waals surface area contributed by atoms with E-state index < -0.39 is 9.85 Å². The highest BCUT2D eigenvalue weighted by Gasteiger charge is 2.16. The van der Waals surface area contributed by atoms with Gasteiger partial charge in [0.05, 0.1) is 11.5 Å². The Kier molecular flexibility index (Phi) is 3.10. The third-order valence-corrected chi connectivity index (χ3v) is 2.53. The molecule has 0 fully saturated rings. The van der Waals surface area contributed by atoms with Crippen molar-refractivity contribution in [2.75, 3.05) is 5.73 Å². The second-order valence-corrected chi connectivity index (χ2v) is 3.77. The van der Waals surface area contributed by atoms with Crippen molar-refractivity contribution in [3.8, 4) is 0 Å². The van der Waals surface area contributed by atoms with Crippen LogP contribution in [0.1, 0.15) is 5.56 Å². The number of imidazole rings is 1. The van der Waals surface area contributed by atoms with Crippen LogP contribution in [0.4, 0.5) is 17.2 Å². The highest BCUT2D eigenvalue weighted by molar-refractivity contribution is 5.63. The van der Waals surface area contributed by atoms with Gasteiger partial charge in [0.15, 0.2) is 0 Å². The molecule has 2 rings (SSSR count). The largest absolute Gasteiger partial charge is 0.393 e. The molecular weight excluding hydrogens is 254 g/mol. The van der Waals surface area contributed by atoms with Crippen LogP contribution in [0.3, 0.4) is 0 Å². The van der Waals surface area contributed by atoms with Gasteiger partial charge in [0.2, 0.25) is 6.33 Å². The summed E-state index contributed by atoms with van der Waals surface area (Å²) in [5.74, 6) is -0.288. The molecule has 0 saturated carbocycles. The van der Waals surface area contributed by atoms with E-state index in [-0.39, 0.29) is 23.7 Å². The second kappa shape index (κ2) is 4.72. The van der Waals surface area contributed by atoms with Crippen molar-refractivity contribution in [1.82, 2.24) is 9.55 Å². The lowest BCUT2D eigenvalue weighted by Crippen LogP contribution is -2.04. The molecule has 1 heterocycles. The molecule has 0 bridgehead atoms. The minimum absolute atomic E-state index is 0.0452. The SMILES string of the molecule is Nc1c(Cn2cnc([N+](=O)[O-])c2)cccc1[N+](=O)[O-]. The molecule has 19 heavy (non-hydrogen) atoms. The summed E-state index contributed by atoms with van der Waals surface area (Å²) in [5, 5.41) is 21.2. The van der Waals surface area contributed by atoms with E-state index in [4.69, 9.17) is 5.73 Å². The number of nitro groups is 2. The summed E-state index contributed by atoms with van der Waals surface area (Å²) in [5.41, 5.74) is 6.05. The number of nitrogens with zero attached hydrogens (tertiary/aromatic N) is 4. The number of hydrogen-bond acceptors (Lipinski definition) is 6. The van der Waals surface area contributed by atoms with Gasteiger partial charge in [-0.15, -0.1) is 0 Å². The van der Waals surface area contributed by atoms with Gasteiger partial charge in [-0.1, -0.05) is 12.1 Å². The molecule has 0 spiro atoms. The van der Waals surface area contributed by atoms with E-state index in [0.717, 1.165) is 0 Å².